The average molecular weight is 220 g/mol. The van der Waals surface area contributed by atoms with E-state index in [2.05, 4.69) is 0 Å². The fourth-order valence-corrected chi connectivity index (χ4v) is 2.40. The Balaban J connectivity index is 2.49. The molecule has 2 rings (SSSR count). The monoisotopic (exact) mass is 220 g/mol. The van der Waals surface area contributed by atoms with Crippen LogP contribution in [0.1, 0.15) is 15.9 Å². The van der Waals surface area contributed by atoms with Crippen molar-refractivity contribution in [2.75, 3.05) is 0 Å². The van der Waals surface area contributed by atoms with Gasteiger partial charge < -0.3 is 0 Å². The second-order valence-electron chi connectivity index (χ2n) is 3.32. The lowest BCUT2D eigenvalue weighted by Gasteiger charge is -2.02. The molecule has 1 aromatic carbocycles. The van der Waals surface area contributed by atoms with Crippen LogP contribution in [0.3, 0.4) is 0 Å². The highest BCUT2D eigenvalue weighted by Crippen LogP contribution is 2.29. The highest BCUT2D eigenvalue weighted by Gasteiger charge is 2.05. The van der Waals surface area contributed by atoms with E-state index in [1.165, 1.54) is 23.5 Å². The highest BCUT2D eigenvalue weighted by atomic mass is 32.1. The van der Waals surface area contributed by atoms with E-state index in [-0.39, 0.29) is 5.82 Å². The molecule has 1 heterocycles. The van der Waals surface area contributed by atoms with Crippen molar-refractivity contribution in [3.8, 4) is 10.4 Å². The van der Waals surface area contributed by atoms with Crippen molar-refractivity contribution in [1.82, 2.24) is 0 Å². The van der Waals surface area contributed by atoms with Gasteiger partial charge in [-0.05, 0) is 36.2 Å². The molecule has 0 amide bonds. The fraction of sp³-hybridized carbons (Fsp3) is 0.0833. The molecule has 0 aliphatic rings. The van der Waals surface area contributed by atoms with Gasteiger partial charge in [0.15, 0.2) is 6.29 Å². The third-order valence-corrected chi connectivity index (χ3v) is 3.19. The number of carbonyl (C=O) groups excluding carboxylic acids is 1. The van der Waals surface area contributed by atoms with Gasteiger partial charge >= 0.3 is 0 Å². The topological polar surface area (TPSA) is 17.1 Å². The van der Waals surface area contributed by atoms with Gasteiger partial charge in [-0.3, -0.25) is 4.79 Å². The van der Waals surface area contributed by atoms with Crippen LogP contribution >= 0.6 is 11.3 Å². The predicted octanol–water partition coefficient (Wildman–Crippen LogP) is 3.68. The fourth-order valence-electron chi connectivity index (χ4n) is 1.46. The van der Waals surface area contributed by atoms with E-state index in [1.807, 2.05) is 13.0 Å². The van der Waals surface area contributed by atoms with Crippen molar-refractivity contribution in [2.24, 2.45) is 0 Å². The molecule has 0 fully saturated rings. The smallest absolute Gasteiger partial charge is 0.150 e. The molecule has 2 aromatic rings. The van der Waals surface area contributed by atoms with Gasteiger partial charge in [0, 0.05) is 15.8 Å². The minimum Gasteiger partial charge on any atom is -0.298 e. The minimum atomic E-state index is -0.233. The summed E-state index contributed by atoms with van der Waals surface area (Å²) in [5.74, 6) is -0.233. The summed E-state index contributed by atoms with van der Waals surface area (Å²) in [7, 11) is 0. The number of benzene rings is 1. The van der Waals surface area contributed by atoms with E-state index in [4.69, 9.17) is 0 Å². The molecule has 1 aromatic heterocycles. The summed E-state index contributed by atoms with van der Waals surface area (Å²) < 4.78 is 12.9. The van der Waals surface area contributed by atoms with Crippen molar-refractivity contribution in [3.63, 3.8) is 0 Å². The van der Waals surface area contributed by atoms with E-state index >= 15 is 0 Å². The number of hydrogen-bond acceptors (Lipinski definition) is 2. The SMILES string of the molecule is Cc1cc(F)ccc1-c1cc(C=O)cs1. The molecule has 0 unspecified atom stereocenters. The summed E-state index contributed by atoms with van der Waals surface area (Å²) in [5.41, 5.74) is 2.53. The van der Waals surface area contributed by atoms with E-state index in [0.717, 1.165) is 22.3 Å². The molecule has 0 aliphatic carbocycles. The molecule has 76 valence electrons. The second-order valence-corrected chi connectivity index (χ2v) is 4.23. The predicted molar refractivity (Wildman–Crippen MR) is 59.8 cm³/mol. The Hall–Kier alpha value is -1.48. The van der Waals surface area contributed by atoms with Crippen LogP contribution in [0.2, 0.25) is 0 Å². The molecule has 3 heteroatoms. The Labute approximate surface area is 91.2 Å². The molecule has 0 spiro atoms. The third-order valence-electron chi connectivity index (χ3n) is 2.21. The van der Waals surface area contributed by atoms with Crippen molar-refractivity contribution < 1.29 is 9.18 Å². The first-order valence-corrected chi connectivity index (χ1v) is 5.39. The average Bonchev–Trinajstić information content (AvgIpc) is 2.66. The van der Waals surface area contributed by atoms with Gasteiger partial charge in [-0.25, -0.2) is 4.39 Å². The Morgan fingerprint density at radius 3 is 2.73 bits per heavy atom. The van der Waals surface area contributed by atoms with Crippen LogP contribution in [0.4, 0.5) is 4.39 Å². The van der Waals surface area contributed by atoms with E-state index in [9.17, 15) is 9.18 Å². The van der Waals surface area contributed by atoms with Crippen LogP contribution in [0.25, 0.3) is 10.4 Å². The lowest BCUT2D eigenvalue weighted by molar-refractivity contribution is 0.112. The number of hydrogen-bond donors (Lipinski definition) is 0. The molecule has 0 saturated heterocycles. The molecule has 1 nitrogen and oxygen atoms in total. The van der Waals surface area contributed by atoms with Gasteiger partial charge in [0.1, 0.15) is 5.82 Å². The quantitative estimate of drug-likeness (QED) is 0.706. The van der Waals surface area contributed by atoms with Crippen molar-refractivity contribution >= 4 is 17.6 Å². The Bertz CT molecular complexity index is 502. The molecule has 0 N–H and O–H groups in total. The Kier molecular flexibility index (Phi) is 2.64. The number of aldehydes is 1. The Morgan fingerprint density at radius 2 is 2.13 bits per heavy atom. The first-order chi connectivity index (χ1) is 7.20. The summed E-state index contributed by atoms with van der Waals surface area (Å²) in [6.07, 6.45) is 0.818. The van der Waals surface area contributed by atoms with Crippen LogP contribution in [-0.4, -0.2) is 6.29 Å². The molecule has 0 aliphatic heterocycles. The van der Waals surface area contributed by atoms with Crippen LogP contribution in [0.15, 0.2) is 29.6 Å². The van der Waals surface area contributed by atoms with Crippen LogP contribution in [0, 0.1) is 12.7 Å². The van der Waals surface area contributed by atoms with E-state index in [0.29, 0.717) is 5.56 Å². The maximum absolute atomic E-state index is 12.9. The van der Waals surface area contributed by atoms with Crippen LogP contribution in [0.5, 0.6) is 0 Å². The summed E-state index contributed by atoms with van der Waals surface area (Å²) in [4.78, 5) is 11.5. The highest BCUT2D eigenvalue weighted by molar-refractivity contribution is 7.13. The molecule has 15 heavy (non-hydrogen) atoms. The number of thiophene rings is 1. The van der Waals surface area contributed by atoms with E-state index in [1.54, 1.807) is 11.4 Å². The molecule has 0 bridgehead atoms. The zero-order chi connectivity index (χ0) is 10.8. The number of rotatable bonds is 2. The summed E-state index contributed by atoms with van der Waals surface area (Å²) in [5, 5.41) is 1.80. The van der Waals surface area contributed by atoms with Crippen molar-refractivity contribution in [1.29, 1.82) is 0 Å². The maximum atomic E-state index is 12.9. The van der Waals surface area contributed by atoms with Crippen molar-refractivity contribution in [3.05, 3.63) is 46.6 Å². The van der Waals surface area contributed by atoms with Gasteiger partial charge in [-0.15, -0.1) is 11.3 Å². The summed E-state index contributed by atoms with van der Waals surface area (Å²) in [6, 6.07) is 6.49. The lowest BCUT2D eigenvalue weighted by Crippen LogP contribution is -1.82. The molecular formula is C12H9FOS. The largest absolute Gasteiger partial charge is 0.298 e. The van der Waals surface area contributed by atoms with Gasteiger partial charge in [0.25, 0.3) is 0 Å². The summed E-state index contributed by atoms with van der Waals surface area (Å²) >= 11 is 1.49. The maximum Gasteiger partial charge on any atom is 0.150 e. The van der Waals surface area contributed by atoms with Crippen LogP contribution in [-0.2, 0) is 0 Å². The Morgan fingerprint density at radius 1 is 1.33 bits per heavy atom. The first kappa shape index (κ1) is 10.1. The molecular weight excluding hydrogens is 211 g/mol. The zero-order valence-electron chi connectivity index (χ0n) is 8.16. The van der Waals surface area contributed by atoms with Gasteiger partial charge in [0.2, 0.25) is 0 Å². The lowest BCUT2D eigenvalue weighted by atomic mass is 10.1. The standard InChI is InChI=1S/C12H9FOS/c1-8-4-10(13)2-3-11(8)12-5-9(6-14)7-15-12/h2-7H,1H3. The molecule has 0 atom stereocenters. The van der Waals surface area contributed by atoms with Crippen molar-refractivity contribution in [2.45, 2.75) is 6.92 Å². The van der Waals surface area contributed by atoms with Gasteiger partial charge in [0.05, 0.1) is 0 Å². The van der Waals surface area contributed by atoms with Gasteiger partial charge in [-0.2, -0.15) is 0 Å². The first-order valence-electron chi connectivity index (χ1n) is 4.51. The van der Waals surface area contributed by atoms with Crippen LogP contribution < -0.4 is 0 Å². The van der Waals surface area contributed by atoms with Gasteiger partial charge in [-0.1, -0.05) is 6.07 Å². The van der Waals surface area contributed by atoms with E-state index < -0.39 is 0 Å². The number of halogens is 1. The number of carbonyl (C=O) groups is 1. The minimum absolute atomic E-state index is 0.233. The normalized spacial score (nSPS) is 10.3. The summed E-state index contributed by atoms with van der Waals surface area (Å²) in [6.45, 7) is 1.86. The number of aryl methyl sites for hydroxylation is 1. The molecule has 0 radical (unpaired) electrons. The second kappa shape index (κ2) is 3.95. The molecule has 0 saturated carbocycles. The zero-order valence-corrected chi connectivity index (χ0v) is 8.98. The third kappa shape index (κ3) is 1.97.